The van der Waals surface area contributed by atoms with E-state index < -0.39 is 28.4 Å². The van der Waals surface area contributed by atoms with Crippen LogP contribution in [-0.2, 0) is 9.53 Å². The van der Waals surface area contributed by atoms with Crippen molar-refractivity contribution in [1.29, 1.82) is 0 Å². The molecule has 0 spiro atoms. The van der Waals surface area contributed by atoms with Crippen LogP contribution >= 0.6 is 23.4 Å². The van der Waals surface area contributed by atoms with Gasteiger partial charge in [0, 0.05) is 20.7 Å². The predicted molar refractivity (Wildman–Crippen MR) is 133 cm³/mol. The van der Waals surface area contributed by atoms with Crippen molar-refractivity contribution in [2.75, 3.05) is 7.11 Å². The number of halogens is 1. The highest BCUT2D eigenvalue weighted by molar-refractivity contribution is 8.00. The van der Waals surface area contributed by atoms with Gasteiger partial charge in [-0.2, -0.15) is 0 Å². The fourth-order valence-corrected chi connectivity index (χ4v) is 6.13. The standard InChI is InChI=1S/C27H23ClO5S/c1-33-25(30)21-5-2-3-6-22(21)34-23-7-4-16-27(23,26(31)32)24(29)19-10-8-17(9-11-19)18-12-14-20(28)15-13-18/h2-3,5-6,8-15,23H,4,7,16H2,1H3,(H,31,32)/t23-,27+/m0/s1. The van der Waals surface area contributed by atoms with Crippen molar-refractivity contribution in [3.8, 4) is 11.1 Å². The van der Waals surface area contributed by atoms with Gasteiger partial charge in [-0.1, -0.05) is 66.6 Å². The molecule has 2 atom stereocenters. The molecule has 0 radical (unpaired) electrons. The van der Waals surface area contributed by atoms with E-state index in [1.54, 1.807) is 48.5 Å². The van der Waals surface area contributed by atoms with Gasteiger partial charge in [0.15, 0.2) is 5.78 Å². The van der Waals surface area contributed by atoms with Crippen LogP contribution in [0.3, 0.4) is 0 Å². The Kier molecular flexibility index (Phi) is 7.10. The number of carboxylic acids is 1. The molecule has 1 fully saturated rings. The summed E-state index contributed by atoms with van der Waals surface area (Å²) in [4.78, 5) is 39.1. The van der Waals surface area contributed by atoms with E-state index in [1.165, 1.54) is 18.9 Å². The lowest BCUT2D eigenvalue weighted by atomic mass is 9.78. The third kappa shape index (κ3) is 4.48. The van der Waals surface area contributed by atoms with Gasteiger partial charge in [0.1, 0.15) is 5.41 Å². The molecule has 4 rings (SSSR count). The number of Topliss-reactive ketones (excluding diaryl/α,β-unsaturated/α-hetero) is 1. The zero-order valence-electron chi connectivity index (χ0n) is 18.5. The lowest BCUT2D eigenvalue weighted by molar-refractivity contribution is -0.145. The monoisotopic (exact) mass is 494 g/mol. The fourth-order valence-electron chi connectivity index (χ4n) is 4.45. The van der Waals surface area contributed by atoms with Gasteiger partial charge in [0.25, 0.3) is 0 Å². The minimum atomic E-state index is -1.57. The molecule has 3 aromatic carbocycles. The molecular weight excluding hydrogens is 472 g/mol. The number of hydrogen-bond acceptors (Lipinski definition) is 5. The normalized spacial score (nSPS) is 19.5. The minimum Gasteiger partial charge on any atom is -0.480 e. The van der Waals surface area contributed by atoms with Gasteiger partial charge in [0.2, 0.25) is 0 Å². The number of carbonyl (C=O) groups excluding carboxylic acids is 2. The number of carbonyl (C=O) groups is 3. The molecule has 1 N–H and O–H groups in total. The first-order valence-electron chi connectivity index (χ1n) is 10.8. The van der Waals surface area contributed by atoms with Gasteiger partial charge < -0.3 is 9.84 Å². The number of methoxy groups -OCH3 is 1. The van der Waals surface area contributed by atoms with Crippen LogP contribution in [0.1, 0.15) is 40.0 Å². The van der Waals surface area contributed by atoms with E-state index in [1.807, 2.05) is 24.3 Å². The quantitative estimate of drug-likeness (QED) is 0.233. The summed E-state index contributed by atoms with van der Waals surface area (Å²) in [7, 11) is 1.30. The van der Waals surface area contributed by atoms with E-state index in [4.69, 9.17) is 16.3 Å². The van der Waals surface area contributed by atoms with E-state index in [0.717, 1.165) is 11.1 Å². The number of esters is 1. The smallest absolute Gasteiger partial charge is 0.338 e. The summed E-state index contributed by atoms with van der Waals surface area (Å²) < 4.78 is 4.87. The largest absolute Gasteiger partial charge is 0.480 e. The highest BCUT2D eigenvalue weighted by Gasteiger charge is 2.55. The second-order valence-corrected chi connectivity index (χ2v) is 9.86. The molecule has 7 heteroatoms. The second-order valence-electron chi connectivity index (χ2n) is 8.18. The summed E-state index contributed by atoms with van der Waals surface area (Å²) >= 11 is 7.23. The fraction of sp³-hybridized carbons (Fsp3) is 0.222. The van der Waals surface area contributed by atoms with E-state index in [-0.39, 0.29) is 6.42 Å². The molecule has 0 aliphatic heterocycles. The number of hydrogen-bond donors (Lipinski definition) is 1. The molecule has 0 unspecified atom stereocenters. The van der Waals surface area contributed by atoms with Gasteiger partial charge in [-0.05, 0) is 48.2 Å². The van der Waals surface area contributed by atoms with Crippen LogP contribution in [0, 0.1) is 5.41 Å². The van der Waals surface area contributed by atoms with Crippen molar-refractivity contribution in [3.63, 3.8) is 0 Å². The summed E-state index contributed by atoms with van der Waals surface area (Å²) in [6.45, 7) is 0. The Hall–Kier alpha value is -3.09. The second kappa shape index (κ2) is 10.0. The molecule has 34 heavy (non-hydrogen) atoms. The Morgan fingerprint density at radius 3 is 2.21 bits per heavy atom. The molecule has 3 aromatic rings. The average molecular weight is 495 g/mol. The number of aliphatic carboxylic acids is 1. The minimum absolute atomic E-state index is 0.248. The lowest BCUT2D eigenvalue weighted by Gasteiger charge is -2.30. The number of rotatable bonds is 7. The Morgan fingerprint density at radius 2 is 1.59 bits per heavy atom. The molecule has 5 nitrogen and oxygen atoms in total. The summed E-state index contributed by atoms with van der Waals surface area (Å²) in [6, 6.07) is 21.3. The molecule has 0 bridgehead atoms. The van der Waals surface area contributed by atoms with Crippen molar-refractivity contribution in [2.24, 2.45) is 5.41 Å². The van der Waals surface area contributed by atoms with Gasteiger partial charge in [-0.25, -0.2) is 4.79 Å². The van der Waals surface area contributed by atoms with Crippen molar-refractivity contribution in [1.82, 2.24) is 0 Å². The summed E-state index contributed by atoms with van der Waals surface area (Å²) in [5.74, 6) is -2.04. The SMILES string of the molecule is COC(=O)c1ccccc1S[C@H]1CCC[C@]1(C(=O)O)C(=O)c1ccc(-c2ccc(Cl)cc2)cc1. The molecular formula is C27H23ClO5S. The Morgan fingerprint density at radius 1 is 0.971 bits per heavy atom. The van der Waals surface area contributed by atoms with Crippen LogP contribution in [0.5, 0.6) is 0 Å². The zero-order chi connectivity index (χ0) is 24.3. The van der Waals surface area contributed by atoms with E-state index >= 15 is 0 Å². The van der Waals surface area contributed by atoms with Crippen molar-refractivity contribution in [2.45, 2.75) is 29.4 Å². The molecule has 174 valence electrons. The Bertz CT molecular complexity index is 1220. The number of thioether (sulfide) groups is 1. The number of ketones is 1. The van der Waals surface area contributed by atoms with Crippen LogP contribution < -0.4 is 0 Å². The van der Waals surface area contributed by atoms with E-state index in [2.05, 4.69) is 0 Å². The summed E-state index contributed by atoms with van der Waals surface area (Å²) in [6.07, 6.45) is 1.41. The average Bonchev–Trinajstić information content (AvgIpc) is 3.28. The van der Waals surface area contributed by atoms with Crippen molar-refractivity contribution < 1.29 is 24.2 Å². The highest BCUT2D eigenvalue weighted by Crippen LogP contribution is 2.50. The first kappa shape index (κ1) is 24.0. The van der Waals surface area contributed by atoms with Crippen LogP contribution in [-0.4, -0.2) is 35.2 Å². The van der Waals surface area contributed by atoms with Gasteiger partial charge in [-0.3, -0.25) is 9.59 Å². The number of carboxylic acid groups (broad SMARTS) is 1. The molecule has 0 saturated heterocycles. The third-order valence-electron chi connectivity index (χ3n) is 6.26. The Labute approximate surface area is 207 Å². The van der Waals surface area contributed by atoms with Crippen LogP contribution in [0.25, 0.3) is 11.1 Å². The van der Waals surface area contributed by atoms with E-state index in [9.17, 15) is 19.5 Å². The maximum atomic E-state index is 13.7. The highest BCUT2D eigenvalue weighted by atomic mass is 35.5. The number of benzene rings is 3. The van der Waals surface area contributed by atoms with Crippen LogP contribution in [0.4, 0.5) is 0 Å². The molecule has 1 saturated carbocycles. The Balaban J connectivity index is 1.65. The van der Waals surface area contributed by atoms with Crippen LogP contribution in [0.2, 0.25) is 5.02 Å². The third-order valence-corrected chi connectivity index (χ3v) is 8.04. The lowest BCUT2D eigenvalue weighted by Crippen LogP contribution is -2.44. The van der Waals surface area contributed by atoms with Gasteiger partial charge in [0.05, 0.1) is 12.7 Å². The molecule has 0 heterocycles. The topological polar surface area (TPSA) is 80.7 Å². The molecule has 1 aliphatic carbocycles. The maximum Gasteiger partial charge on any atom is 0.338 e. The predicted octanol–water partition coefficient (Wildman–Crippen LogP) is 6.39. The first-order chi connectivity index (χ1) is 16.4. The van der Waals surface area contributed by atoms with Gasteiger partial charge >= 0.3 is 11.9 Å². The van der Waals surface area contributed by atoms with Crippen molar-refractivity contribution in [3.05, 3.63) is 88.9 Å². The summed E-state index contributed by atoms with van der Waals surface area (Å²) in [5, 5.41) is 10.4. The first-order valence-corrected chi connectivity index (χ1v) is 12.1. The molecule has 1 aliphatic rings. The maximum absolute atomic E-state index is 13.7. The van der Waals surface area contributed by atoms with Crippen molar-refractivity contribution >= 4 is 41.1 Å². The summed E-state index contributed by atoms with van der Waals surface area (Å²) in [5.41, 5.74) is 0.997. The molecule has 0 amide bonds. The van der Waals surface area contributed by atoms with Gasteiger partial charge in [-0.15, -0.1) is 11.8 Å². The van der Waals surface area contributed by atoms with Crippen LogP contribution in [0.15, 0.2) is 77.7 Å². The number of ether oxygens (including phenoxy) is 1. The van der Waals surface area contributed by atoms with E-state index in [0.29, 0.717) is 33.9 Å². The molecule has 0 aromatic heterocycles. The zero-order valence-corrected chi connectivity index (χ0v) is 20.1.